The quantitative estimate of drug-likeness (QED) is 0.760. The lowest BCUT2D eigenvalue weighted by molar-refractivity contribution is -0.118. The molecule has 0 saturated carbocycles. The molecule has 0 atom stereocenters. The first kappa shape index (κ1) is 19.9. The van der Waals surface area contributed by atoms with Crippen molar-refractivity contribution in [1.29, 1.82) is 0 Å². The van der Waals surface area contributed by atoms with E-state index in [2.05, 4.69) is 26.6 Å². The van der Waals surface area contributed by atoms with Crippen LogP contribution in [0.2, 0.25) is 0 Å². The van der Waals surface area contributed by atoms with Gasteiger partial charge in [-0.05, 0) is 63.2 Å². The molecule has 2 aromatic rings. The monoisotopic (exact) mass is 422 g/mol. The molecule has 0 unspecified atom stereocenters. The number of benzene rings is 2. The zero-order valence-corrected chi connectivity index (χ0v) is 16.3. The minimum atomic E-state index is -0.554. The van der Waals surface area contributed by atoms with Crippen molar-refractivity contribution in [1.82, 2.24) is 5.32 Å². The number of carbonyl (C=O) groups is 2. The van der Waals surface area contributed by atoms with Crippen molar-refractivity contribution < 1.29 is 18.7 Å². The number of amides is 2. The maximum Gasteiger partial charge on any atom is 0.262 e. The van der Waals surface area contributed by atoms with Crippen LogP contribution in [-0.2, 0) is 4.79 Å². The second-order valence-electron chi connectivity index (χ2n) is 6.69. The van der Waals surface area contributed by atoms with Gasteiger partial charge >= 0.3 is 0 Å². The Morgan fingerprint density at radius 2 is 1.77 bits per heavy atom. The Bertz CT molecular complexity index is 801. The van der Waals surface area contributed by atoms with Crippen LogP contribution >= 0.6 is 15.9 Å². The van der Waals surface area contributed by atoms with Crippen LogP contribution in [0.3, 0.4) is 0 Å². The summed E-state index contributed by atoms with van der Waals surface area (Å²) in [5.74, 6) is -1.18. The Morgan fingerprint density at radius 3 is 2.35 bits per heavy atom. The predicted octanol–water partition coefficient (Wildman–Crippen LogP) is 4.13. The molecular weight excluding hydrogens is 403 g/mol. The molecular formula is C19H20BrFN2O3. The fraction of sp³-hybridized carbons (Fsp3) is 0.263. The van der Waals surface area contributed by atoms with Crippen LogP contribution in [0.4, 0.5) is 10.1 Å². The van der Waals surface area contributed by atoms with E-state index >= 15 is 0 Å². The summed E-state index contributed by atoms with van der Waals surface area (Å²) in [5, 5.41) is 5.49. The van der Waals surface area contributed by atoms with Gasteiger partial charge in [-0.3, -0.25) is 9.59 Å². The fourth-order valence-corrected chi connectivity index (χ4v) is 2.38. The van der Waals surface area contributed by atoms with Gasteiger partial charge in [-0.2, -0.15) is 0 Å². The molecule has 0 aromatic heterocycles. The number of rotatable bonds is 5. The van der Waals surface area contributed by atoms with E-state index in [1.54, 1.807) is 30.3 Å². The lowest BCUT2D eigenvalue weighted by Gasteiger charge is -2.20. The van der Waals surface area contributed by atoms with Gasteiger partial charge in [-0.15, -0.1) is 0 Å². The summed E-state index contributed by atoms with van der Waals surface area (Å²) < 4.78 is 19.4. The second kappa shape index (κ2) is 8.31. The van der Waals surface area contributed by atoms with Crippen LogP contribution in [0.5, 0.6) is 5.75 Å². The second-order valence-corrected chi connectivity index (χ2v) is 7.61. The highest BCUT2D eigenvalue weighted by molar-refractivity contribution is 9.10. The topological polar surface area (TPSA) is 67.4 Å². The average molecular weight is 423 g/mol. The number of nitrogens with one attached hydrogen (secondary N) is 2. The molecule has 2 rings (SSSR count). The average Bonchev–Trinajstić information content (AvgIpc) is 2.53. The third-order valence-electron chi connectivity index (χ3n) is 3.17. The molecule has 7 heteroatoms. The number of hydrogen-bond donors (Lipinski definition) is 2. The molecule has 2 amide bonds. The maximum atomic E-state index is 13.6. The molecule has 0 radical (unpaired) electrons. The molecule has 26 heavy (non-hydrogen) atoms. The van der Waals surface area contributed by atoms with Gasteiger partial charge in [0.1, 0.15) is 0 Å². The van der Waals surface area contributed by atoms with E-state index in [0.717, 1.165) is 0 Å². The lowest BCUT2D eigenvalue weighted by atomic mass is 10.1. The Labute approximate surface area is 160 Å². The van der Waals surface area contributed by atoms with Crippen LogP contribution in [0.25, 0.3) is 0 Å². The van der Waals surface area contributed by atoms with Crippen LogP contribution in [0.15, 0.2) is 46.9 Å². The van der Waals surface area contributed by atoms with E-state index in [0.29, 0.717) is 15.7 Å². The van der Waals surface area contributed by atoms with E-state index in [1.807, 2.05) is 20.8 Å². The molecule has 0 aliphatic heterocycles. The highest BCUT2D eigenvalue weighted by Crippen LogP contribution is 2.21. The van der Waals surface area contributed by atoms with Crippen molar-refractivity contribution in [2.75, 3.05) is 11.9 Å². The number of ether oxygens (including phenoxy) is 1. The minimum absolute atomic E-state index is 0.00227. The standard InChI is InChI=1S/C19H20BrFN2O3/c1-19(2,3)23-18(25)12-4-7-14(8-5-12)22-17(24)11-26-16-9-6-13(20)10-15(16)21/h4-10H,11H2,1-3H3,(H,22,24)(H,23,25). The summed E-state index contributed by atoms with van der Waals surface area (Å²) in [6.07, 6.45) is 0. The molecule has 5 nitrogen and oxygen atoms in total. The minimum Gasteiger partial charge on any atom is -0.481 e. The SMILES string of the molecule is CC(C)(C)NC(=O)c1ccc(NC(=O)COc2ccc(Br)cc2F)cc1. The van der Waals surface area contributed by atoms with E-state index in [1.165, 1.54) is 12.1 Å². The first-order valence-corrected chi connectivity index (χ1v) is 8.73. The zero-order valence-electron chi connectivity index (χ0n) is 14.7. The highest BCUT2D eigenvalue weighted by Gasteiger charge is 2.15. The van der Waals surface area contributed by atoms with Crippen LogP contribution in [0.1, 0.15) is 31.1 Å². The number of hydrogen-bond acceptors (Lipinski definition) is 3. The van der Waals surface area contributed by atoms with Crippen molar-refractivity contribution in [2.24, 2.45) is 0 Å². The Morgan fingerprint density at radius 1 is 1.12 bits per heavy atom. The Kier molecular flexibility index (Phi) is 6.37. The summed E-state index contributed by atoms with van der Waals surface area (Å²) in [4.78, 5) is 24.0. The van der Waals surface area contributed by atoms with Gasteiger partial charge in [-0.25, -0.2) is 4.39 Å². The molecule has 0 spiro atoms. The third kappa shape index (κ3) is 6.15. The summed E-state index contributed by atoms with van der Waals surface area (Å²) in [5.41, 5.74) is 0.678. The maximum absolute atomic E-state index is 13.6. The van der Waals surface area contributed by atoms with Crippen molar-refractivity contribution in [3.05, 3.63) is 58.3 Å². The van der Waals surface area contributed by atoms with Crippen LogP contribution in [0, 0.1) is 5.82 Å². The van der Waals surface area contributed by atoms with Crippen molar-refractivity contribution in [3.8, 4) is 5.75 Å². The molecule has 0 fully saturated rings. The van der Waals surface area contributed by atoms with Gasteiger partial charge in [0.2, 0.25) is 0 Å². The number of anilines is 1. The molecule has 0 heterocycles. The van der Waals surface area contributed by atoms with Crippen molar-refractivity contribution in [2.45, 2.75) is 26.3 Å². The lowest BCUT2D eigenvalue weighted by Crippen LogP contribution is -2.40. The first-order valence-electron chi connectivity index (χ1n) is 7.94. The van der Waals surface area contributed by atoms with E-state index in [9.17, 15) is 14.0 Å². The van der Waals surface area contributed by atoms with Gasteiger partial charge < -0.3 is 15.4 Å². The van der Waals surface area contributed by atoms with Gasteiger partial charge in [0.15, 0.2) is 18.2 Å². The van der Waals surface area contributed by atoms with Crippen LogP contribution < -0.4 is 15.4 Å². The summed E-state index contributed by atoms with van der Waals surface area (Å²) in [6.45, 7) is 5.36. The Balaban J connectivity index is 1.90. The molecule has 0 saturated heterocycles. The number of halogens is 2. The molecule has 0 aliphatic carbocycles. The van der Waals surface area contributed by atoms with Crippen LogP contribution in [-0.4, -0.2) is 24.0 Å². The number of carbonyl (C=O) groups excluding carboxylic acids is 2. The van der Waals surface area contributed by atoms with Crippen molar-refractivity contribution >= 4 is 33.4 Å². The van der Waals surface area contributed by atoms with Crippen molar-refractivity contribution in [3.63, 3.8) is 0 Å². The fourth-order valence-electron chi connectivity index (χ4n) is 2.05. The predicted molar refractivity (Wildman–Crippen MR) is 102 cm³/mol. The summed E-state index contributed by atoms with van der Waals surface area (Å²) in [7, 11) is 0. The van der Waals surface area contributed by atoms with Gasteiger partial charge in [0.05, 0.1) is 0 Å². The first-order chi connectivity index (χ1) is 12.1. The summed E-state index contributed by atoms with van der Waals surface area (Å²) >= 11 is 3.15. The van der Waals surface area contributed by atoms with Gasteiger partial charge in [-0.1, -0.05) is 15.9 Å². The normalized spacial score (nSPS) is 11.0. The largest absolute Gasteiger partial charge is 0.481 e. The highest BCUT2D eigenvalue weighted by atomic mass is 79.9. The van der Waals surface area contributed by atoms with Gasteiger partial charge in [0, 0.05) is 21.3 Å². The molecule has 0 aliphatic rings. The third-order valence-corrected chi connectivity index (χ3v) is 3.67. The molecule has 2 aromatic carbocycles. The van der Waals surface area contributed by atoms with E-state index in [4.69, 9.17) is 4.74 Å². The van der Waals surface area contributed by atoms with E-state index < -0.39 is 11.7 Å². The zero-order chi connectivity index (χ0) is 19.3. The Hall–Kier alpha value is -2.41. The van der Waals surface area contributed by atoms with Gasteiger partial charge in [0.25, 0.3) is 11.8 Å². The molecule has 2 N–H and O–H groups in total. The smallest absolute Gasteiger partial charge is 0.262 e. The van der Waals surface area contributed by atoms with E-state index in [-0.39, 0.29) is 23.8 Å². The molecule has 138 valence electrons. The molecule has 0 bridgehead atoms. The summed E-state index contributed by atoms with van der Waals surface area (Å²) in [6, 6.07) is 10.8.